The Balaban J connectivity index is 1.36. The summed E-state index contributed by atoms with van der Waals surface area (Å²) >= 11 is 0. The van der Waals surface area contributed by atoms with Crippen molar-refractivity contribution in [2.45, 2.75) is 46.1 Å². The van der Waals surface area contributed by atoms with Gasteiger partial charge in [0.25, 0.3) is 0 Å². The van der Waals surface area contributed by atoms with Crippen LogP contribution < -0.4 is 0 Å². The Morgan fingerprint density at radius 3 is 2.70 bits per heavy atom. The van der Waals surface area contributed by atoms with Crippen LogP contribution >= 0.6 is 0 Å². The fourth-order valence-electron chi connectivity index (χ4n) is 4.91. The summed E-state index contributed by atoms with van der Waals surface area (Å²) in [5, 5.41) is 0. The summed E-state index contributed by atoms with van der Waals surface area (Å²) in [4.78, 5) is 15.6. The monoisotopic (exact) mass is 401 g/mol. The van der Waals surface area contributed by atoms with Gasteiger partial charge in [-0.2, -0.15) is 0 Å². The van der Waals surface area contributed by atoms with Crippen molar-refractivity contribution in [2.24, 2.45) is 5.92 Å². The lowest BCUT2D eigenvalue weighted by Crippen LogP contribution is -2.30. The molecule has 3 heterocycles. The molecule has 30 heavy (non-hydrogen) atoms. The number of nitrogens with one attached hydrogen (secondary N) is 1. The molecule has 0 radical (unpaired) electrons. The smallest absolute Gasteiger partial charge is 0.138 e. The van der Waals surface area contributed by atoms with Gasteiger partial charge in [0.1, 0.15) is 5.82 Å². The zero-order valence-electron chi connectivity index (χ0n) is 18.3. The summed E-state index contributed by atoms with van der Waals surface area (Å²) in [6.07, 6.45) is 7.26. The van der Waals surface area contributed by atoms with E-state index in [1.54, 1.807) is 0 Å². The molecule has 1 fully saturated rings. The molecule has 0 atom stereocenters. The topological polar surface area (TPSA) is 49.7 Å². The predicted octanol–water partition coefficient (Wildman–Crippen LogP) is 5.32. The first-order valence-corrected chi connectivity index (χ1v) is 11.2. The molecule has 0 aliphatic carbocycles. The maximum Gasteiger partial charge on any atom is 0.138 e. The number of aromatic nitrogens is 4. The van der Waals surface area contributed by atoms with Gasteiger partial charge in [-0.3, -0.25) is 0 Å². The maximum absolute atomic E-state index is 4.87. The van der Waals surface area contributed by atoms with Gasteiger partial charge in [0, 0.05) is 12.1 Å². The van der Waals surface area contributed by atoms with Gasteiger partial charge in [-0.1, -0.05) is 12.1 Å². The Labute approximate surface area is 178 Å². The van der Waals surface area contributed by atoms with E-state index in [2.05, 4.69) is 65.7 Å². The van der Waals surface area contributed by atoms with Crippen molar-refractivity contribution in [1.29, 1.82) is 0 Å². The van der Waals surface area contributed by atoms with Gasteiger partial charge in [-0.25, -0.2) is 9.97 Å². The molecule has 0 saturated carbocycles. The number of aromatic amines is 1. The molecule has 0 unspecified atom stereocenters. The van der Waals surface area contributed by atoms with Gasteiger partial charge in [-0.05, 0) is 94.9 Å². The Kier molecular flexibility index (Phi) is 5.07. The number of nitrogens with zero attached hydrogens (tertiary/aromatic N) is 4. The maximum atomic E-state index is 4.87. The average Bonchev–Trinajstić information content (AvgIpc) is 3.36. The standard InChI is InChI=1S/C25H31N5/c1-17-6-4-8-21-23(17)28-25(27-21)20-9-10-22-24(18(20)2)26-16-30(22)13-5-7-19-11-14-29(3)15-12-19/h4,6,8-10,16,19H,5,7,11-15H2,1-3H3,(H,27,28). The van der Waals surface area contributed by atoms with E-state index >= 15 is 0 Å². The summed E-state index contributed by atoms with van der Waals surface area (Å²) in [7, 11) is 2.23. The van der Waals surface area contributed by atoms with Crippen LogP contribution in [0.1, 0.15) is 36.8 Å². The van der Waals surface area contributed by atoms with Crippen LogP contribution in [0.2, 0.25) is 0 Å². The van der Waals surface area contributed by atoms with E-state index in [-0.39, 0.29) is 0 Å². The minimum absolute atomic E-state index is 0.890. The molecule has 4 aromatic rings. The molecule has 2 aromatic carbocycles. The van der Waals surface area contributed by atoms with Crippen molar-refractivity contribution in [3.8, 4) is 11.4 Å². The Hall–Kier alpha value is -2.66. The molecule has 156 valence electrons. The number of likely N-dealkylation sites (tertiary alicyclic amines) is 1. The summed E-state index contributed by atoms with van der Waals surface area (Å²) in [6.45, 7) is 7.82. The fourth-order valence-corrected chi connectivity index (χ4v) is 4.91. The van der Waals surface area contributed by atoms with Crippen LogP contribution in [0.4, 0.5) is 0 Å². The van der Waals surface area contributed by atoms with Crippen molar-refractivity contribution in [3.05, 3.63) is 47.8 Å². The third kappa shape index (κ3) is 3.52. The zero-order valence-corrected chi connectivity index (χ0v) is 18.3. The summed E-state index contributed by atoms with van der Waals surface area (Å²) < 4.78 is 2.32. The normalized spacial score (nSPS) is 16.1. The van der Waals surface area contributed by atoms with E-state index in [4.69, 9.17) is 9.97 Å². The van der Waals surface area contributed by atoms with E-state index in [1.807, 2.05) is 6.33 Å². The Morgan fingerprint density at radius 2 is 1.90 bits per heavy atom. The van der Waals surface area contributed by atoms with E-state index in [0.29, 0.717) is 0 Å². The molecule has 1 aliphatic heterocycles. The number of benzene rings is 2. The third-order valence-electron chi connectivity index (χ3n) is 6.86. The van der Waals surface area contributed by atoms with Crippen LogP contribution in [-0.2, 0) is 6.54 Å². The van der Waals surface area contributed by atoms with Gasteiger partial charge < -0.3 is 14.5 Å². The van der Waals surface area contributed by atoms with E-state index in [1.165, 1.54) is 55.4 Å². The molecule has 1 N–H and O–H groups in total. The van der Waals surface area contributed by atoms with Gasteiger partial charge in [-0.15, -0.1) is 0 Å². The van der Waals surface area contributed by atoms with E-state index < -0.39 is 0 Å². The highest BCUT2D eigenvalue weighted by atomic mass is 15.1. The lowest BCUT2D eigenvalue weighted by atomic mass is 9.92. The highest BCUT2D eigenvalue weighted by molar-refractivity contribution is 5.88. The largest absolute Gasteiger partial charge is 0.338 e. The van der Waals surface area contributed by atoms with Crippen molar-refractivity contribution in [2.75, 3.05) is 20.1 Å². The molecule has 0 bridgehead atoms. The second-order valence-corrected chi connectivity index (χ2v) is 8.99. The summed E-state index contributed by atoms with van der Waals surface area (Å²) in [6, 6.07) is 10.7. The third-order valence-corrected chi connectivity index (χ3v) is 6.86. The Bertz CT molecular complexity index is 1180. The molecule has 0 amide bonds. The van der Waals surface area contributed by atoms with Gasteiger partial charge in [0.05, 0.1) is 28.4 Å². The van der Waals surface area contributed by atoms with Crippen LogP contribution in [0, 0.1) is 19.8 Å². The number of aryl methyl sites for hydroxylation is 3. The lowest BCUT2D eigenvalue weighted by Gasteiger charge is -2.28. The minimum Gasteiger partial charge on any atom is -0.338 e. The van der Waals surface area contributed by atoms with Crippen LogP contribution in [0.25, 0.3) is 33.5 Å². The van der Waals surface area contributed by atoms with Crippen molar-refractivity contribution >= 4 is 22.1 Å². The van der Waals surface area contributed by atoms with Crippen LogP contribution in [0.3, 0.4) is 0 Å². The summed E-state index contributed by atoms with van der Waals surface area (Å²) in [5.74, 6) is 1.82. The highest BCUT2D eigenvalue weighted by Gasteiger charge is 2.17. The van der Waals surface area contributed by atoms with Crippen LogP contribution in [0.5, 0.6) is 0 Å². The molecular weight excluding hydrogens is 370 g/mol. The first kappa shape index (κ1) is 19.3. The molecule has 5 nitrogen and oxygen atoms in total. The van der Waals surface area contributed by atoms with Crippen molar-refractivity contribution < 1.29 is 0 Å². The van der Waals surface area contributed by atoms with Crippen LogP contribution in [0.15, 0.2) is 36.7 Å². The second-order valence-electron chi connectivity index (χ2n) is 8.99. The molecule has 1 aliphatic rings. The molecule has 5 rings (SSSR count). The highest BCUT2D eigenvalue weighted by Crippen LogP contribution is 2.30. The number of piperidine rings is 1. The number of fused-ring (bicyclic) bond motifs is 2. The van der Waals surface area contributed by atoms with Gasteiger partial charge in [0.15, 0.2) is 0 Å². The van der Waals surface area contributed by atoms with Crippen LogP contribution in [-0.4, -0.2) is 44.6 Å². The zero-order chi connectivity index (χ0) is 20.7. The quantitative estimate of drug-likeness (QED) is 0.492. The SMILES string of the molecule is Cc1cccc2[nH]c(-c3ccc4c(ncn4CCCC4CCN(C)CC4)c3C)nc12. The lowest BCUT2D eigenvalue weighted by molar-refractivity contribution is 0.209. The first-order chi connectivity index (χ1) is 14.6. The number of para-hydroxylation sites is 1. The molecule has 5 heteroatoms. The number of hydrogen-bond donors (Lipinski definition) is 1. The predicted molar refractivity (Wildman–Crippen MR) is 124 cm³/mol. The number of rotatable bonds is 5. The van der Waals surface area contributed by atoms with Gasteiger partial charge in [0.2, 0.25) is 0 Å². The Morgan fingerprint density at radius 1 is 1.07 bits per heavy atom. The molecule has 1 saturated heterocycles. The van der Waals surface area contributed by atoms with Crippen molar-refractivity contribution in [3.63, 3.8) is 0 Å². The number of H-pyrrole nitrogens is 1. The molecule has 2 aromatic heterocycles. The minimum atomic E-state index is 0.890. The first-order valence-electron chi connectivity index (χ1n) is 11.2. The van der Waals surface area contributed by atoms with Crippen molar-refractivity contribution in [1.82, 2.24) is 24.4 Å². The van der Waals surface area contributed by atoms with E-state index in [0.717, 1.165) is 40.4 Å². The van der Waals surface area contributed by atoms with Gasteiger partial charge >= 0.3 is 0 Å². The fraction of sp³-hybridized carbons (Fsp3) is 0.440. The summed E-state index contributed by atoms with van der Waals surface area (Å²) in [5.41, 5.74) is 7.97. The number of imidazole rings is 2. The molecular formula is C25H31N5. The molecule has 0 spiro atoms. The number of hydrogen-bond acceptors (Lipinski definition) is 3. The average molecular weight is 402 g/mol. The van der Waals surface area contributed by atoms with E-state index in [9.17, 15) is 0 Å². The second kappa shape index (κ2) is 7.88.